The summed E-state index contributed by atoms with van der Waals surface area (Å²) in [5.74, 6) is -1.18. The number of nitrogens with zero attached hydrogens (tertiary/aromatic N) is 3. The van der Waals surface area contributed by atoms with Crippen molar-refractivity contribution in [3.63, 3.8) is 0 Å². The number of imidazole rings is 1. The summed E-state index contributed by atoms with van der Waals surface area (Å²) in [6, 6.07) is 5.55. The molecule has 1 aromatic heterocycles. The first-order valence-electron chi connectivity index (χ1n) is 8.74. The molecular weight excluding hydrogens is 482 g/mol. The number of aliphatic carboxylic acids is 1. The van der Waals surface area contributed by atoms with Crippen LogP contribution in [0, 0.1) is 0 Å². The lowest BCUT2D eigenvalue weighted by molar-refractivity contribution is -0.162. The maximum absolute atomic E-state index is 13.0. The van der Waals surface area contributed by atoms with Crippen LogP contribution in [0.15, 0.2) is 34.5 Å². The third-order valence-electron chi connectivity index (χ3n) is 5.18. The van der Waals surface area contributed by atoms with Gasteiger partial charge in [0.25, 0.3) is 5.91 Å². The number of carboxylic acids is 1. The third kappa shape index (κ3) is 2.60. The van der Waals surface area contributed by atoms with Crippen molar-refractivity contribution in [1.29, 1.82) is 0 Å². The van der Waals surface area contributed by atoms with Gasteiger partial charge in [-0.05, 0) is 17.7 Å². The van der Waals surface area contributed by atoms with E-state index in [0.717, 1.165) is 28.5 Å². The van der Waals surface area contributed by atoms with Gasteiger partial charge in [-0.25, -0.2) is 9.78 Å². The molecule has 0 aliphatic carbocycles. The Hall–Kier alpha value is -1.98. The van der Waals surface area contributed by atoms with Crippen LogP contribution in [-0.2, 0) is 25.7 Å². The number of esters is 1. The summed E-state index contributed by atoms with van der Waals surface area (Å²) in [5.41, 5.74) is 2.35. The lowest BCUT2D eigenvalue weighted by Crippen LogP contribution is -2.70. The Morgan fingerprint density at radius 2 is 2.24 bits per heavy atom. The Kier molecular flexibility index (Phi) is 4.27. The smallest absolute Gasteiger partial charge is 0.353 e. The number of aryl methyl sites for hydroxylation is 1. The quantitative estimate of drug-likeness (QED) is 0.392. The van der Waals surface area contributed by atoms with Gasteiger partial charge in [-0.2, -0.15) is 0 Å². The van der Waals surface area contributed by atoms with Crippen molar-refractivity contribution in [3.8, 4) is 0 Å². The highest BCUT2D eigenvalue weighted by atomic mass is 79.9. The van der Waals surface area contributed by atoms with Crippen molar-refractivity contribution < 1.29 is 24.2 Å². The second-order valence-corrected chi connectivity index (χ2v) is 10.2. The Labute approximate surface area is 181 Å². The van der Waals surface area contributed by atoms with Gasteiger partial charge in [0.15, 0.2) is 15.6 Å². The van der Waals surface area contributed by atoms with E-state index < -0.39 is 33.6 Å². The molecule has 11 heteroatoms. The highest BCUT2D eigenvalue weighted by Crippen LogP contribution is 2.58. The monoisotopic (exact) mass is 495 g/mol. The number of thioether (sulfide) groups is 2. The van der Waals surface area contributed by atoms with Crippen molar-refractivity contribution in [3.05, 3.63) is 34.9 Å². The van der Waals surface area contributed by atoms with Crippen molar-refractivity contribution in [1.82, 2.24) is 14.5 Å². The number of rotatable bonds is 4. The predicted octanol–water partition coefficient (Wildman–Crippen LogP) is 2.72. The van der Waals surface area contributed by atoms with E-state index in [1.165, 1.54) is 29.0 Å². The minimum Gasteiger partial charge on any atom is -0.477 e. The van der Waals surface area contributed by atoms with E-state index in [1.807, 2.05) is 12.1 Å². The van der Waals surface area contributed by atoms with E-state index in [-0.39, 0.29) is 5.70 Å². The van der Waals surface area contributed by atoms with Gasteiger partial charge >= 0.3 is 11.9 Å². The number of hydrogen-bond donors (Lipinski definition) is 1. The molecule has 1 aromatic carbocycles. The van der Waals surface area contributed by atoms with Gasteiger partial charge in [-0.1, -0.05) is 33.8 Å². The van der Waals surface area contributed by atoms with Crippen molar-refractivity contribution >= 4 is 68.3 Å². The predicted molar refractivity (Wildman–Crippen MR) is 111 cm³/mol. The number of carbonyl (C=O) groups excluding carboxylic acids is 2. The third-order valence-corrected chi connectivity index (χ3v) is 8.83. The van der Waals surface area contributed by atoms with E-state index in [0.29, 0.717) is 5.56 Å². The molecule has 5 rings (SSSR count). The summed E-state index contributed by atoms with van der Waals surface area (Å²) in [6.45, 7) is 2.13. The molecule has 0 bridgehead atoms. The summed E-state index contributed by atoms with van der Waals surface area (Å²) in [6.07, 6.45) is -0.910. The van der Waals surface area contributed by atoms with E-state index in [9.17, 15) is 19.5 Å². The van der Waals surface area contributed by atoms with E-state index in [1.54, 1.807) is 17.8 Å². The zero-order valence-electron chi connectivity index (χ0n) is 15.0. The maximum atomic E-state index is 13.0. The van der Waals surface area contributed by atoms with Gasteiger partial charge in [0.1, 0.15) is 11.1 Å². The second kappa shape index (κ2) is 6.51. The first-order valence-corrected chi connectivity index (χ1v) is 11.5. The summed E-state index contributed by atoms with van der Waals surface area (Å²) < 4.78 is 6.46. The number of carboxylic acid groups (broad SMARTS) is 1. The first kappa shape index (κ1) is 19.0. The first-order chi connectivity index (χ1) is 13.8. The topological polar surface area (TPSA) is 102 Å². The van der Waals surface area contributed by atoms with Gasteiger partial charge in [-0.3, -0.25) is 14.5 Å². The van der Waals surface area contributed by atoms with Gasteiger partial charge in [-0.15, -0.1) is 11.8 Å². The number of amides is 1. The van der Waals surface area contributed by atoms with Crippen molar-refractivity contribution in [2.75, 3.05) is 5.75 Å². The van der Waals surface area contributed by atoms with Crippen LogP contribution in [0.1, 0.15) is 18.6 Å². The van der Waals surface area contributed by atoms with Crippen molar-refractivity contribution in [2.45, 2.75) is 34.4 Å². The summed E-state index contributed by atoms with van der Waals surface area (Å²) in [4.78, 5) is 42.1. The summed E-state index contributed by atoms with van der Waals surface area (Å²) >= 11 is 6.43. The van der Waals surface area contributed by atoms with E-state index in [4.69, 9.17) is 4.74 Å². The van der Waals surface area contributed by atoms with Gasteiger partial charge in [0.2, 0.25) is 0 Å². The van der Waals surface area contributed by atoms with Crippen LogP contribution in [0.3, 0.4) is 0 Å². The molecule has 0 radical (unpaired) electrons. The number of fused-ring (bicyclic) bond motifs is 4. The molecule has 3 unspecified atom stereocenters. The van der Waals surface area contributed by atoms with E-state index >= 15 is 0 Å². The number of alkyl halides is 1. The fraction of sp³-hybridized carbons (Fsp3) is 0.333. The number of aromatic nitrogens is 2. The summed E-state index contributed by atoms with van der Waals surface area (Å²) in [5, 5.41) is 11.2. The molecule has 29 heavy (non-hydrogen) atoms. The number of β-lactam (4-membered cyclic amide) rings is 1. The van der Waals surface area contributed by atoms with Crippen molar-refractivity contribution in [2.24, 2.45) is 0 Å². The van der Waals surface area contributed by atoms with Crippen LogP contribution in [0.25, 0.3) is 11.0 Å². The lowest BCUT2D eigenvalue weighted by atomic mass is 9.86. The van der Waals surface area contributed by atoms with Gasteiger partial charge in [0.05, 0.1) is 11.0 Å². The molecule has 1 fully saturated rings. The van der Waals surface area contributed by atoms with Crippen LogP contribution in [-0.4, -0.2) is 52.9 Å². The molecule has 2 aromatic rings. The highest BCUT2D eigenvalue weighted by Gasteiger charge is 2.68. The number of hydrogen-bond acceptors (Lipinski definition) is 7. The van der Waals surface area contributed by atoms with Crippen LogP contribution in [0.5, 0.6) is 0 Å². The molecule has 150 valence electrons. The minimum absolute atomic E-state index is 0.0669. The normalized spacial score (nSPS) is 26.0. The molecule has 3 aliphatic rings. The number of ether oxygens (including phenoxy) is 1. The fourth-order valence-electron chi connectivity index (χ4n) is 3.89. The molecule has 3 aliphatic heterocycles. The average molecular weight is 496 g/mol. The molecule has 0 saturated carbocycles. The minimum atomic E-state index is -1.26. The van der Waals surface area contributed by atoms with E-state index in [2.05, 4.69) is 25.5 Å². The lowest BCUT2D eigenvalue weighted by Gasteiger charge is -2.51. The Balaban J connectivity index is 1.57. The molecule has 0 spiro atoms. The zero-order chi connectivity index (χ0) is 20.5. The molecule has 3 atom stereocenters. The Morgan fingerprint density at radius 1 is 1.45 bits per heavy atom. The van der Waals surface area contributed by atoms with Gasteiger partial charge < -0.3 is 14.4 Å². The largest absolute Gasteiger partial charge is 0.477 e. The highest BCUT2D eigenvalue weighted by molar-refractivity contribution is 9.10. The molecule has 1 saturated heterocycles. The number of halogens is 1. The fourth-order valence-corrected chi connectivity index (χ4v) is 7.16. The zero-order valence-corrected chi connectivity index (χ0v) is 18.2. The second-order valence-electron chi connectivity index (χ2n) is 6.87. The molecule has 8 nitrogen and oxygen atoms in total. The summed E-state index contributed by atoms with van der Waals surface area (Å²) in [7, 11) is 0. The van der Waals surface area contributed by atoms with Crippen LogP contribution in [0.4, 0.5) is 0 Å². The number of carbonyl (C=O) groups is 3. The molecule has 4 heterocycles. The standard InChI is InChI=1S/C18H14BrN3O5S2/c1-8(23)27-13(18(19)15(26)22-12(14(24)25)7-29-16(18)22)9-2-3-10-11(6-9)21-4-5-28-17(21)20-10/h2-3,6-7,13,16H,4-5H2,1H3,(H,24,25). The van der Waals surface area contributed by atoms with Gasteiger partial charge in [0, 0.05) is 24.6 Å². The molecule has 1 N–H and O–H groups in total. The molecular formula is C18H14BrN3O5S2. The number of benzene rings is 1. The van der Waals surface area contributed by atoms with Crippen LogP contribution < -0.4 is 0 Å². The Morgan fingerprint density at radius 3 is 2.97 bits per heavy atom. The van der Waals surface area contributed by atoms with Crippen LogP contribution >= 0.6 is 39.5 Å². The Bertz CT molecular complexity index is 1130. The van der Waals surface area contributed by atoms with Crippen LogP contribution in [0.2, 0.25) is 0 Å². The average Bonchev–Trinajstić information content (AvgIpc) is 3.37. The SMILES string of the molecule is CC(=O)OC(c1ccc2nc3n(c2c1)CCS3)C1(Br)C(=O)N2C(C(=O)O)=CSC21. The maximum Gasteiger partial charge on any atom is 0.353 e. The molecule has 1 amide bonds.